The summed E-state index contributed by atoms with van der Waals surface area (Å²) >= 11 is 1.41. The van der Waals surface area contributed by atoms with Crippen molar-refractivity contribution in [3.05, 3.63) is 52.8 Å². The van der Waals surface area contributed by atoms with E-state index < -0.39 is 0 Å². The highest BCUT2D eigenvalue weighted by molar-refractivity contribution is 7.99. The number of anilines is 1. The molecule has 1 saturated heterocycles. The van der Waals surface area contributed by atoms with Gasteiger partial charge in [-0.3, -0.25) is 14.0 Å². The second-order valence-electron chi connectivity index (χ2n) is 7.98. The summed E-state index contributed by atoms with van der Waals surface area (Å²) in [5.74, 6) is 1.10. The predicted octanol–water partition coefficient (Wildman–Crippen LogP) is 2.40. The fourth-order valence-corrected chi connectivity index (χ4v) is 4.76. The van der Waals surface area contributed by atoms with Gasteiger partial charge in [0, 0.05) is 37.4 Å². The number of carbonyl (C=O) groups is 1. The Morgan fingerprint density at radius 1 is 1.15 bits per heavy atom. The number of hydrogen-bond acceptors (Lipinski definition) is 7. The number of carbonyl (C=O) groups excluding carboxylic acids is 1. The fraction of sp³-hybridized carbons (Fsp3) is 0.478. The molecule has 3 heterocycles. The molecule has 0 unspecified atom stereocenters. The van der Waals surface area contributed by atoms with Crippen LogP contribution in [0.1, 0.15) is 29.4 Å². The molecule has 1 fully saturated rings. The van der Waals surface area contributed by atoms with Crippen LogP contribution in [-0.2, 0) is 29.2 Å². The molecule has 1 amide bonds. The largest absolute Gasteiger partial charge is 0.378 e. The Hall–Kier alpha value is -2.85. The van der Waals surface area contributed by atoms with E-state index in [1.54, 1.807) is 0 Å². The highest BCUT2D eigenvalue weighted by atomic mass is 32.2. The first kappa shape index (κ1) is 23.3. The molecule has 1 aliphatic rings. The fourth-order valence-electron chi connectivity index (χ4n) is 3.93. The maximum Gasteiger partial charge on any atom is 0.230 e. The number of morpholine rings is 1. The monoisotopic (exact) mass is 469 g/mol. The van der Waals surface area contributed by atoms with E-state index in [0.717, 1.165) is 54.2 Å². The number of aryl methyl sites for hydroxylation is 1. The van der Waals surface area contributed by atoms with Crippen LogP contribution in [0.5, 0.6) is 0 Å². The lowest BCUT2D eigenvalue weighted by Gasteiger charge is -2.27. The zero-order valence-corrected chi connectivity index (χ0v) is 20.3. The minimum Gasteiger partial charge on any atom is -0.378 e. The van der Waals surface area contributed by atoms with Gasteiger partial charge in [0.2, 0.25) is 11.9 Å². The average molecular weight is 470 g/mol. The van der Waals surface area contributed by atoms with Crippen molar-refractivity contribution >= 4 is 23.6 Å². The van der Waals surface area contributed by atoms with Crippen LogP contribution in [0.25, 0.3) is 0 Å². The van der Waals surface area contributed by atoms with Crippen molar-refractivity contribution in [1.29, 1.82) is 0 Å². The molecule has 0 radical (unpaired) electrons. The second kappa shape index (κ2) is 10.8. The van der Waals surface area contributed by atoms with Crippen LogP contribution in [0.4, 0.5) is 5.95 Å². The molecule has 10 heteroatoms. The number of rotatable bonds is 9. The van der Waals surface area contributed by atoms with Crippen molar-refractivity contribution in [3.8, 4) is 0 Å². The first-order valence-corrected chi connectivity index (χ1v) is 12.3. The molecule has 0 atom stereocenters. The smallest absolute Gasteiger partial charge is 0.230 e. The predicted molar refractivity (Wildman–Crippen MR) is 129 cm³/mol. The summed E-state index contributed by atoms with van der Waals surface area (Å²) in [6.45, 7) is 11.0. The molecule has 0 spiro atoms. The van der Waals surface area contributed by atoms with Crippen molar-refractivity contribution in [1.82, 2.24) is 29.9 Å². The maximum atomic E-state index is 12.6. The third kappa shape index (κ3) is 5.56. The van der Waals surface area contributed by atoms with Gasteiger partial charge in [0.25, 0.3) is 0 Å². The number of nitrogens with one attached hydrogen (secondary N) is 1. The lowest BCUT2D eigenvalue weighted by molar-refractivity contribution is -0.118. The van der Waals surface area contributed by atoms with Gasteiger partial charge in [-0.1, -0.05) is 42.1 Å². The summed E-state index contributed by atoms with van der Waals surface area (Å²) in [5.41, 5.74) is 4.28. The van der Waals surface area contributed by atoms with Crippen LogP contribution in [0.15, 0.2) is 35.5 Å². The van der Waals surface area contributed by atoms with Crippen LogP contribution >= 0.6 is 11.8 Å². The number of thioether (sulfide) groups is 1. The SMILES string of the molecule is CCn1c(SCC(=O)NCc2c(C)nn(Cc3ccccc3)c2C)nnc1N1CCOCC1. The molecule has 0 aliphatic carbocycles. The zero-order valence-electron chi connectivity index (χ0n) is 19.5. The molecule has 0 saturated carbocycles. The van der Waals surface area contributed by atoms with Crippen molar-refractivity contribution in [2.45, 2.75) is 45.6 Å². The molecule has 1 aromatic carbocycles. The van der Waals surface area contributed by atoms with Crippen LogP contribution in [-0.4, -0.2) is 62.5 Å². The van der Waals surface area contributed by atoms with E-state index in [0.29, 0.717) is 19.8 Å². The number of amides is 1. The van der Waals surface area contributed by atoms with Crippen molar-refractivity contribution in [2.24, 2.45) is 0 Å². The Kier molecular flexibility index (Phi) is 7.66. The molecule has 1 N–H and O–H groups in total. The maximum absolute atomic E-state index is 12.6. The molecular formula is C23H31N7O2S. The van der Waals surface area contributed by atoms with Crippen molar-refractivity contribution in [3.63, 3.8) is 0 Å². The van der Waals surface area contributed by atoms with E-state index in [1.807, 2.05) is 29.8 Å². The van der Waals surface area contributed by atoms with E-state index in [2.05, 4.69) is 56.1 Å². The quantitative estimate of drug-likeness (QED) is 0.481. The van der Waals surface area contributed by atoms with Gasteiger partial charge in [-0.15, -0.1) is 10.2 Å². The van der Waals surface area contributed by atoms with Gasteiger partial charge < -0.3 is 15.0 Å². The summed E-state index contributed by atoms with van der Waals surface area (Å²) in [6, 6.07) is 10.3. The minimum absolute atomic E-state index is 0.0341. The molecule has 0 bridgehead atoms. The Labute approximate surface area is 198 Å². The number of nitrogens with zero attached hydrogens (tertiary/aromatic N) is 6. The topological polar surface area (TPSA) is 90.1 Å². The second-order valence-corrected chi connectivity index (χ2v) is 8.93. The van der Waals surface area contributed by atoms with Gasteiger partial charge in [-0.2, -0.15) is 5.10 Å². The summed E-state index contributed by atoms with van der Waals surface area (Å²) in [6.07, 6.45) is 0. The Morgan fingerprint density at radius 2 is 1.91 bits per heavy atom. The third-order valence-electron chi connectivity index (χ3n) is 5.81. The van der Waals surface area contributed by atoms with Crippen LogP contribution in [0.3, 0.4) is 0 Å². The van der Waals surface area contributed by atoms with Gasteiger partial charge in [0.15, 0.2) is 5.16 Å². The molecule has 9 nitrogen and oxygen atoms in total. The van der Waals surface area contributed by atoms with E-state index in [9.17, 15) is 4.79 Å². The standard InChI is InChI=1S/C23H31N7O2S/c1-4-29-22(28-10-12-32-13-11-28)25-26-23(29)33-16-21(31)24-14-20-17(2)27-30(18(20)3)15-19-8-6-5-7-9-19/h5-9H,4,10-16H2,1-3H3,(H,24,31). The molecule has 3 aromatic rings. The average Bonchev–Trinajstić information content (AvgIpc) is 3.37. The third-order valence-corrected chi connectivity index (χ3v) is 6.78. The minimum atomic E-state index is -0.0341. The first-order chi connectivity index (χ1) is 16.1. The van der Waals surface area contributed by atoms with Gasteiger partial charge in [-0.25, -0.2) is 0 Å². The highest BCUT2D eigenvalue weighted by Gasteiger charge is 2.20. The Balaban J connectivity index is 1.32. The van der Waals surface area contributed by atoms with Crippen molar-refractivity contribution in [2.75, 3.05) is 37.0 Å². The molecule has 4 rings (SSSR count). The molecule has 2 aromatic heterocycles. The number of benzene rings is 1. The number of ether oxygens (including phenoxy) is 1. The highest BCUT2D eigenvalue weighted by Crippen LogP contribution is 2.22. The lowest BCUT2D eigenvalue weighted by atomic mass is 10.2. The van der Waals surface area contributed by atoms with Crippen LogP contribution in [0, 0.1) is 13.8 Å². The molecule has 33 heavy (non-hydrogen) atoms. The normalized spacial score (nSPS) is 14.0. The summed E-state index contributed by atoms with van der Waals surface area (Å²) in [7, 11) is 0. The van der Waals surface area contributed by atoms with Crippen LogP contribution < -0.4 is 10.2 Å². The van der Waals surface area contributed by atoms with Gasteiger partial charge in [0.05, 0.1) is 31.2 Å². The van der Waals surface area contributed by atoms with E-state index in [1.165, 1.54) is 17.3 Å². The summed E-state index contributed by atoms with van der Waals surface area (Å²) in [5, 5.41) is 17.2. The molecular weight excluding hydrogens is 438 g/mol. The van der Waals surface area contributed by atoms with E-state index in [4.69, 9.17) is 4.74 Å². The van der Waals surface area contributed by atoms with E-state index in [-0.39, 0.29) is 11.7 Å². The lowest BCUT2D eigenvalue weighted by Crippen LogP contribution is -2.38. The first-order valence-electron chi connectivity index (χ1n) is 11.3. The molecule has 176 valence electrons. The van der Waals surface area contributed by atoms with Crippen molar-refractivity contribution < 1.29 is 9.53 Å². The van der Waals surface area contributed by atoms with E-state index >= 15 is 0 Å². The number of hydrogen-bond donors (Lipinski definition) is 1. The van der Waals surface area contributed by atoms with Gasteiger partial charge in [-0.05, 0) is 26.3 Å². The van der Waals surface area contributed by atoms with Gasteiger partial charge in [0.1, 0.15) is 0 Å². The Morgan fingerprint density at radius 3 is 2.64 bits per heavy atom. The summed E-state index contributed by atoms with van der Waals surface area (Å²) < 4.78 is 9.49. The van der Waals surface area contributed by atoms with Crippen LogP contribution in [0.2, 0.25) is 0 Å². The number of aromatic nitrogens is 5. The Bertz CT molecular complexity index is 1070. The van der Waals surface area contributed by atoms with Gasteiger partial charge >= 0.3 is 0 Å². The molecule has 1 aliphatic heterocycles. The summed E-state index contributed by atoms with van der Waals surface area (Å²) in [4.78, 5) is 14.8. The zero-order chi connectivity index (χ0) is 23.2.